The van der Waals surface area contributed by atoms with Crippen molar-refractivity contribution in [3.05, 3.63) is 65.1 Å². The summed E-state index contributed by atoms with van der Waals surface area (Å²) in [6.45, 7) is 0. The number of rotatable bonds is 2. The van der Waals surface area contributed by atoms with Crippen molar-refractivity contribution in [1.82, 2.24) is 0 Å². The van der Waals surface area contributed by atoms with E-state index in [0.29, 0.717) is 4.99 Å². The van der Waals surface area contributed by atoms with Gasteiger partial charge in [0.1, 0.15) is 10.7 Å². The van der Waals surface area contributed by atoms with Crippen molar-refractivity contribution >= 4 is 46.0 Å². The van der Waals surface area contributed by atoms with E-state index in [1.54, 1.807) is 24.3 Å². The highest BCUT2D eigenvalue weighted by Crippen LogP contribution is 2.36. The average molecular weight is 313 g/mol. The first-order valence-corrected chi connectivity index (χ1v) is 7.50. The Morgan fingerprint density at radius 3 is 2.38 bits per heavy atom. The maximum atomic E-state index is 12.2. The molecule has 1 aliphatic rings. The molecule has 2 aromatic rings. The third kappa shape index (κ3) is 2.84. The quantitative estimate of drug-likeness (QED) is 0.657. The van der Waals surface area contributed by atoms with Crippen molar-refractivity contribution in [2.45, 2.75) is 0 Å². The van der Waals surface area contributed by atoms with Crippen LogP contribution in [0.15, 0.2) is 59.5 Å². The van der Waals surface area contributed by atoms with Gasteiger partial charge in [-0.1, -0.05) is 42.5 Å². The third-order valence-electron chi connectivity index (χ3n) is 3.00. The summed E-state index contributed by atoms with van der Waals surface area (Å²) in [4.78, 5) is 14.9. The first kappa shape index (κ1) is 13.9. The maximum absolute atomic E-state index is 12.2. The lowest BCUT2D eigenvalue weighted by molar-refractivity contribution is 0.268. The van der Waals surface area contributed by atoms with E-state index in [2.05, 4.69) is 0 Å². The van der Waals surface area contributed by atoms with E-state index in [-0.39, 0.29) is 11.0 Å². The van der Waals surface area contributed by atoms with Crippen molar-refractivity contribution in [3.63, 3.8) is 0 Å². The minimum atomic E-state index is -0.101. The fourth-order valence-corrected chi connectivity index (χ4v) is 3.27. The molecule has 1 fully saturated rings. The van der Waals surface area contributed by atoms with Crippen LogP contribution in [0.3, 0.4) is 0 Å². The normalized spacial score (nSPS) is 16.8. The van der Waals surface area contributed by atoms with Crippen molar-refractivity contribution in [3.8, 4) is 5.75 Å². The number of para-hydroxylation sites is 1. The van der Waals surface area contributed by atoms with Crippen LogP contribution < -0.4 is 4.90 Å². The molecule has 1 saturated heterocycles. The Morgan fingerprint density at radius 1 is 1.05 bits per heavy atom. The highest BCUT2D eigenvalue weighted by molar-refractivity contribution is 8.20. The molecule has 0 bridgehead atoms. The zero-order chi connectivity index (χ0) is 14.8. The number of amides is 1. The van der Waals surface area contributed by atoms with Crippen LogP contribution in [0.1, 0.15) is 5.56 Å². The van der Waals surface area contributed by atoms with Crippen LogP contribution in [0, 0.1) is 0 Å². The number of carbonyl (C=O) groups is 1. The molecule has 21 heavy (non-hydrogen) atoms. The van der Waals surface area contributed by atoms with E-state index in [0.717, 1.165) is 27.9 Å². The second-order valence-corrected chi connectivity index (χ2v) is 5.82. The van der Waals surface area contributed by atoms with Gasteiger partial charge in [-0.05, 0) is 47.7 Å². The minimum absolute atomic E-state index is 0.101. The number of carbonyl (C=O) groups excluding carboxylic acids is 1. The molecule has 0 aliphatic carbocycles. The van der Waals surface area contributed by atoms with Gasteiger partial charge in [0, 0.05) is 0 Å². The van der Waals surface area contributed by atoms with E-state index in [4.69, 9.17) is 12.2 Å². The fourth-order valence-electron chi connectivity index (χ4n) is 1.99. The SMILES string of the molecule is O=C1SC(=Cc2ccc(O)cc2)C(=S)N1c1ccccc1. The zero-order valence-electron chi connectivity index (χ0n) is 10.9. The topological polar surface area (TPSA) is 40.5 Å². The van der Waals surface area contributed by atoms with Crippen LogP contribution in [0.25, 0.3) is 6.08 Å². The Bertz CT molecular complexity index is 724. The Morgan fingerprint density at radius 2 is 1.71 bits per heavy atom. The van der Waals surface area contributed by atoms with Gasteiger partial charge in [-0.15, -0.1) is 0 Å². The van der Waals surface area contributed by atoms with E-state index in [1.807, 2.05) is 36.4 Å². The molecule has 3 nitrogen and oxygen atoms in total. The Kier molecular flexibility index (Phi) is 3.77. The van der Waals surface area contributed by atoms with E-state index >= 15 is 0 Å². The molecule has 1 heterocycles. The van der Waals surface area contributed by atoms with Crippen LogP contribution >= 0.6 is 24.0 Å². The molecule has 0 spiro atoms. The van der Waals surface area contributed by atoms with Gasteiger partial charge in [-0.2, -0.15) is 0 Å². The number of phenolic OH excluding ortho intramolecular Hbond substituents is 1. The van der Waals surface area contributed by atoms with Gasteiger partial charge in [-0.25, -0.2) is 0 Å². The second kappa shape index (κ2) is 5.71. The highest BCUT2D eigenvalue weighted by atomic mass is 32.2. The molecule has 0 aromatic heterocycles. The van der Waals surface area contributed by atoms with Gasteiger partial charge in [0.2, 0.25) is 0 Å². The molecule has 1 N–H and O–H groups in total. The monoisotopic (exact) mass is 313 g/mol. The lowest BCUT2D eigenvalue weighted by Crippen LogP contribution is -2.26. The van der Waals surface area contributed by atoms with Crippen molar-refractivity contribution in [1.29, 1.82) is 0 Å². The number of hydrogen-bond donors (Lipinski definition) is 1. The summed E-state index contributed by atoms with van der Waals surface area (Å²) in [5.74, 6) is 0.209. The number of thiocarbonyl (C=S) groups is 1. The molecule has 0 saturated carbocycles. The van der Waals surface area contributed by atoms with E-state index in [9.17, 15) is 9.90 Å². The summed E-state index contributed by atoms with van der Waals surface area (Å²) in [5.41, 5.74) is 1.66. The largest absolute Gasteiger partial charge is 0.508 e. The first-order chi connectivity index (χ1) is 10.1. The molecule has 5 heteroatoms. The molecule has 2 aromatic carbocycles. The predicted molar refractivity (Wildman–Crippen MR) is 90.6 cm³/mol. The van der Waals surface area contributed by atoms with Gasteiger partial charge in [0.15, 0.2) is 0 Å². The number of aromatic hydroxyl groups is 1. The summed E-state index contributed by atoms with van der Waals surface area (Å²) in [7, 11) is 0. The lowest BCUT2D eigenvalue weighted by atomic mass is 10.2. The molecule has 0 radical (unpaired) electrons. The first-order valence-electron chi connectivity index (χ1n) is 6.27. The van der Waals surface area contributed by atoms with Crippen LogP contribution in [0.2, 0.25) is 0 Å². The number of nitrogens with zero attached hydrogens (tertiary/aromatic N) is 1. The van der Waals surface area contributed by atoms with Gasteiger partial charge in [0.25, 0.3) is 5.24 Å². The van der Waals surface area contributed by atoms with Gasteiger partial charge in [-0.3, -0.25) is 9.69 Å². The zero-order valence-corrected chi connectivity index (χ0v) is 12.5. The molecular weight excluding hydrogens is 302 g/mol. The van der Waals surface area contributed by atoms with E-state index in [1.165, 1.54) is 4.90 Å². The van der Waals surface area contributed by atoms with E-state index < -0.39 is 0 Å². The van der Waals surface area contributed by atoms with Crippen molar-refractivity contribution < 1.29 is 9.90 Å². The summed E-state index contributed by atoms with van der Waals surface area (Å²) in [6.07, 6.45) is 1.85. The summed E-state index contributed by atoms with van der Waals surface area (Å²) in [6, 6.07) is 16.1. The van der Waals surface area contributed by atoms with Crippen molar-refractivity contribution in [2.24, 2.45) is 0 Å². The lowest BCUT2D eigenvalue weighted by Gasteiger charge is -2.14. The number of phenols is 1. The molecule has 1 aliphatic heterocycles. The van der Waals surface area contributed by atoms with Crippen LogP contribution in [-0.4, -0.2) is 15.3 Å². The Balaban J connectivity index is 1.92. The number of anilines is 1. The van der Waals surface area contributed by atoms with Crippen molar-refractivity contribution in [2.75, 3.05) is 4.90 Å². The summed E-state index contributed by atoms with van der Waals surface area (Å²) >= 11 is 6.53. The smallest absolute Gasteiger partial charge is 0.296 e. The summed E-state index contributed by atoms with van der Waals surface area (Å²) in [5, 5.41) is 9.19. The molecule has 104 valence electrons. The van der Waals surface area contributed by atoms with Crippen LogP contribution in [-0.2, 0) is 0 Å². The molecular formula is C16H11NO2S2. The van der Waals surface area contributed by atoms with Crippen LogP contribution in [0.4, 0.5) is 10.5 Å². The molecule has 0 atom stereocenters. The number of hydrogen-bond acceptors (Lipinski definition) is 4. The molecule has 3 rings (SSSR count). The Labute approximate surface area is 131 Å². The fraction of sp³-hybridized carbons (Fsp3) is 0. The standard InChI is InChI=1S/C16H11NO2S2/c18-13-8-6-11(7-9-13)10-14-15(20)17(16(19)21-14)12-4-2-1-3-5-12/h1-10,18H. The number of thioether (sulfide) groups is 1. The summed E-state index contributed by atoms with van der Waals surface area (Å²) < 4.78 is 0. The Hall–Kier alpha value is -2.11. The molecule has 1 amide bonds. The number of benzene rings is 2. The van der Waals surface area contributed by atoms with Gasteiger partial charge < -0.3 is 5.11 Å². The average Bonchev–Trinajstić information content (AvgIpc) is 2.77. The second-order valence-electron chi connectivity index (χ2n) is 4.44. The third-order valence-corrected chi connectivity index (χ3v) is 4.42. The predicted octanol–water partition coefficient (Wildman–Crippen LogP) is 4.43. The highest BCUT2D eigenvalue weighted by Gasteiger charge is 2.32. The minimum Gasteiger partial charge on any atom is -0.508 e. The molecule has 0 unspecified atom stereocenters. The van der Waals surface area contributed by atoms with Gasteiger partial charge in [0.05, 0.1) is 10.6 Å². The van der Waals surface area contributed by atoms with Crippen LogP contribution in [0.5, 0.6) is 5.75 Å². The maximum Gasteiger partial charge on any atom is 0.296 e. The van der Waals surface area contributed by atoms with Gasteiger partial charge >= 0.3 is 0 Å².